The van der Waals surface area contributed by atoms with Gasteiger partial charge >= 0.3 is 6.09 Å². The van der Waals surface area contributed by atoms with E-state index in [0.29, 0.717) is 12.5 Å². The van der Waals surface area contributed by atoms with Gasteiger partial charge in [0.15, 0.2) is 0 Å². The van der Waals surface area contributed by atoms with Crippen molar-refractivity contribution in [2.24, 2.45) is 5.92 Å². The quantitative estimate of drug-likeness (QED) is 0.843. The van der Waals surface area contributed by atoms with E-state index < -0.39 is 0 Å². The number of hydrogen-bond acceptors (Lipinski definition) is 3. The van der Waals surface area contributed by atoms with Crippen molar-refractivity contribution in [2.45, 2.75) is 32.2 Å². The molecule has 0 bridgehead atoms. The van der Waals surface area contributed by atoms with Gasteiger partial charge in [-0.3, -0.25) is 0 Å². The topological polar surface area (TPSA) is 49.8 Å². The standard InChI is InChI=1S/C22H27NO3/c1-15(2)12-16(13-24)23(3)22(25)26-14-21-19-10-6-4-8-17(19)18-9-5-7-11-20(18)21/h4-11,15-16,21,24H,12-14H2,1-3H3/t16-/m0/s1. The molecule has 3 rings (SSSR count). The molecule has 0 heterocycles. The van der Waals surface area contributed by atoms with E-state index >= 15 is 0 Å². The predicted molar refractivity (Wildman–Crippen MR) is 103 cm³/mol. The molecule has 1 amide bonds. The lowest BCUT2D eigenvalue weighted by atomic mass is 9.98. The normalized spacial score (nSPS) is 14.0. The van der Waals surface area contributed by atoms with Crippen molar-refractivity contribution in [1.82, 2.24) is 4.90 Å². The van der Waals surface area contributed by atoms with Crippen LogP contribution in [-0.2, 0) is 4.74 Å². The zero-order valence-corrected chi connectivity index (χ0v) is 15.7. The summed E-state index contributed by atoms with van der Waals surface area (Å²) in [7, 11) is 1.70. The highest BCUT2D eigenvalue weighted by molar-refractivity contribution is 5.79. The number of aliphatic hydroxyl groups is 1. The summed E-state index contributed by atoms with van der Waals surface area (Å²) in [5.41, 5.74) is 4.83. The van der Waals surface area contributed by atoms with Crippen molar-refractivity contribution in [1.29, 1.82) is 0 Å². The number of ether oxygens (including phenoxy) is 1. The fraction of sp³-hybridized carbons (Fsp3) is 0.409. The Morgan fingerprint density at radius 2 is 1.62 bits per heavy atom. The number of carbonyl (C=O) groups is 1. The van der Waals surface area contributed by atoms with Crippen LogP contribution in [0.1, 0.15) is 37.3 Å². The van der Waals surface area contributed by atoms with E-state index in [4.69, 9.17) is 4.74 Å². The smallest absolute Gasteiger partial charge is 0.409 e. The van der Waals surface area contributed by atoms with Crippen molar-refractivity contribution < 1.29 is 14.6 Å². The van der Waals surface area contributed by atoms with E-state index in [1.807, 2.05) is 24.3 Å². The minimum Gasteiger partial charge on any atom is -0.448 e. The van der Waals surface area contributed by atoms with Crippen LogP contribution in [0.15, 0.2) is 48.5 Å². The van der Waals surface area contributed by atoms with Crippen molar-refractivity contribution in [3.8, 4) is 11.1 Å². The first-order valence-corrected chi connectivity index (χ1v) is 9.21. The average Bonchev–Trinajstić information content (AvgIpc) is 2.97. The first kappa shape index (κ1) is 18.5. The lowest BCUT2D eigenvalue weighted by Gasteiger charge is -2.28. The van der Waals surface area contributed by atoms with Crippen LogP contribution in [0.25, 0.3) is 11.1 Å². The summed E-state index contributed by atoms with van der Waals surface area (Å²) in [4.78, 5) is 14.0. The molecule has 1 atom stereocenters. The molecule has 0 radical (unpaired) electrons. The molecule has 0 fully saturated rings. The summed E-state index contributed by atoms with van der Waals surface area (Å²) in [5.74, 6) is 0.452. The van der Waals surface area contributed by atoms with Gasteiger partial charge in [0, 0.05) is 13.0 Å². The second-order valence-electron chi connectivity index (χ2n) is 7.38. The first-order chi connectivity index (χ1) is 12.5. The lowest BCUT2D eigenvalue weighted by Crippen LogP contribution is -2.41. The number of amides is 1. The zero-order valence-electron chi connectivity index (χ0n) is 15.7. The predicted octanol–water partition coefficient (Wildman–Crippen LogP) is 4.27. The maximum atomic E-state index is 12.5. The number of hydrogen-bond donors (Lipinski definition) is 1. The third kappa shape index (κ3) is 3.61. The van der Waals surface area contributed by atoms with Gasteiger partial charge in [0.05, 0.1) is 12.6 Å². The van der Waals surface area contributed by atoms with Gasteiger partial charge in [-0.05, 0) is 34.6 Å². The van der Waals surface area contributed by atoms with Crippen LogP contribution in [0.5, 0.6) is 0 Å². The molecular formula is C22H27NO3. The Balaban J connectivity index is 1.72. The van der Waals surface area contributed by atoms with E-state index in [1.54, 1.807) is 7.05 Å². The van der Waals surface area contributed by atoms with Gasteiger partial charge in [-0.15, -0.1) is 0 Å². The van der Waals surface area contributed by atoms with Gasteiger partial charge in [0.2, 0.25) is 0 Å². The molecule has 26 heavy (non-hydrogen) atoms. The first-order valence-electron chi connectivity index (χ1n) is 9.21. The number of rotatable bonds is 6. The van der Waals surface area contributed by atoms with Gasteiger partial charge < -0.3 is 14.7 Å². The Labute approximate surface area is 155 Å². The second kappa shape index (κ2) is 7.92. The minimum absolute atomic E-state index is 0.0532. The highest BCUT2D eigenvalue weighted by Crippen LogP contribution is 2.44. The van der Waals surface area contributed by atoms with Crippen LogP contribution in [-0.4, -0.2) is 42.4 Å². The third-order valence-corrected chi connectivity index (χ3v) is 5.13. The largest absolute Gasteiger partial charge is 0.448 e. The molecule has 138 valence electrons. The van der Waals surface area contributed by atoms with Gasteiger partial charge in [-0.1, -0.05) is 62.4 Å². The molecular weight excluding hydrogens is 326 g/mol. The number of fused-ring (bicyclic) bond motifs is 3. The van der Waals surface area contributed by atoms with E-state index in [-0.39, 0.29) is 24.7 Å². The Morgan fingerprint density at radius 1 is 1.08 bits per heavy atom. The Bertz CT molecular complexity index is 726. The van der Waals surface area contributed by atoms with Crippen LogP contribution in [0, 0.1) is 5.92 Å². The summed E-state index contributed by atoms with van der Waals surface area (Å²) in [5, 5.41) is 9.58. The second-order valence-corrected chi connectivity index (χ2v) is 7.38. The van der Waals surface area contributed by atoms with E-state index in [0.717, 1.165) is 6.42 Å². The fourth-order valence-corrected chi connectivity index (χ4v) is 3.74. The van der Waals surface area contributed by atoms with Crippen LogP contribution < -0.4 is 0 Å². The van der Waals surface area contributed by atoms with E-state index in [1.165, 1.54) is 27.2 Å². The molecule has 2 aromatic carbocycles. The SMILES string of the molecule is CC(C)C[C@@H](CO)N(C)C(=O)OCC1c2ccccc2-c2ccccc21. The van der Waals surface area contributed by atoms with Crippen molar-refractivity contribution in [3.05, 3.63) is 59.7 Å². The van der Waals surface area contributed by atoms with Gasteiger partial charge in [-0.2, -0.15) is 0 Å². The summed E-state index contributed by atoms with van der Waals surface area (Å²) >= 11 is 0. The molecule has 4 heteroatoms. The van der Waals surface area contributed by atoms with Crippen LogP contribution in [0.4, 0.5) is 4.79 Å². The summed E-state index contributed by atoms with van der Waals surface area (Å²) in [6.45, 7) is 4.40. The van der Waals surface area contributed by atoms with Gasteiger partial charge in [0.25, 0.3) is 0 Å². The maximum absolute atomic E-state index is 12.5. The molecule has 0 aromatic heterocycles. The summed E-state index contributed by atoms with van der Waals surface area (Å²) in [6.07, 6.45) is 0.364. The number of carbonyl (C=O) groups excluding carboxylic acids is 1. The van der Waals surface area contributed by atoms with Crippen molar-refractivity contribution in [3.63, 3.8) is 0 Å². The van der Waals surface area contributed by atoms with Crippen LogP contribution in [0.3, 0.4) is 0 Å². The molecule has 0 spiro atoms. The van der Waals surface area contributed by atoms with Crippen molar-refractivity contribution >= 4 is 6.09 Å². The Hall–Kier alpha value is -2.33. The third-order valence-electron chi connectivity index (χ3n) is 5.13. The molecule has 4 nitrogen and oxygen atoms in total. The molecule has 1 aliphatic rings. The molecule has 0 unspecified atom stereocenters. The zero-order chi connectivity index (χ0) is 18.7. The summed E-state index contributed by atoms with van der Waals surface area (Å²) < 4.78 is 5.64. The van der Waals surface area contributed by atoms with E-state index in [2.05, 4.69) is 38.1 Å². The van der Waals surface area contributed by atoms with Crippen LogP contribution >= 0.6 is 0 Å². The monoisotopic (exact) mass is 353 g/mol. The maximum Gasteiger partial charge on any atom is 0.409 e. The molecule has 2 aromatic rings. The van der Waals surface area contributed by atoms with Gasteiger partial charge in [0.1, 0.15) is 6.61 Å². The van der Waals surface area contributed by atoms with Crippen LogP contribution in [0.2, 0.25) is 0 Å². The van der Waals surface area contributed by atoms with E-state index in [9.17, 15) is 9.90 Å². The fourth-order valence-electron chi connectivity index (χ4n) is 3.74. The molecule has 1 aliphatic carbocycles. The highest BCUT2D eigenvalue weighted by Gasteiger charge is 2.30. The number of aliphatic hydroxyl groups excluding tert-OH is 1. The average molecular weight is 353 g/mol. The lowest BCUT2D eigenvalue weighted by molar-refractivity contribution is 0.0733. The number of benzene rings is 2. The molecule has 1 N–H and O–H groups in total. The molecule has 0 saturated heterocycles. The molecule has 0 aliphatic heterocycles. The van der Waals surface area contributed by atoms with Crippen molar-refractivity contribution in [2.75, 3.05) is 20.3 Å². The Kier molecular flexibility index (Phi) is 5.62. The number of nitrogens with zero attached hydrogens (tertiary/aromatic N) is 1. The van der Waals surface area contributed by atoms with Gasteiger partial charge in [-0.25, -0.2) is 4.79 Å². The highest BCUT2D eigenvalue weighted by atomic mass is 16.6. The summed E-state index contributed by atoms with van der Waals surface area (Å²) in [6, 6.07) is 16.3. The minimum atomic E-state index is -0.383. The molecule has 0 saturated carbocycles. The number of likely N-dealkylation sites (N-methyl/N-ethyl adjacent to an activating group) is 1. The Morgan fingerprint density at radius 3 is 2.12 bits per heavy atom.